The SMILES string of the molecule is CC(C)C1CN(C(C)CCN(C)C)C(C)CN1. The molecule has 1 heterocycles. The van der Waals surface area contributed by atoms with Crippen LogP contribution >= 0.6 is 0 Å². The molecule has 3 heteroatoms. The van der Waals surface area contributed by atoms with Gasteiger partial charge in [-0.2, -0.15) is 0 Å². The molecule has 1 rings (SSSR count). The first-order valence-corrected chi connectivity index (χ1v) is 7.05. The number of nitrogens with zero attached hydrogens (tertiary/aromatic N) is 2. The van der Waals surface area contributed by atoms with Crippen molar-refractivity contribution < 1.29 is 0 Å². The van der Waals surface area contributed by atoms with E-state index in [0.717, 1.165) is 12.5 Å². The summed E-state index contributed by atoms with van der Waals surface area (Å²) in [7, 11) is 4.32. The number of hydrogen-bond donors (Lipinski definition) is 1. The van der Waals surface area contributed by atoms with E-state index in [0.29, 0.717) is 18.1 Å². The van der Waals surface area contributed by atoms with E-state index in [1.807, 2.05) is 0 Å². The standard InChI is InChI=1S/C14H31N3/c1-11(2)14-10-17(13(4)9-15-14)12(3)7-8-16(5)6/h11-15H,7-10H2,1-6H3. The van der Waals surface area contributed by atoms with Crippen molar-refractivity contribution in [1.29, 1.82) is 0 Å². The Bertz CT molecular complexity index is 216. The minimum atomic E-state index is 0.660. The van der Waals surface area contributed by atoms with Gasteiger partial charge in [0.25, 0.3) is 0 Å². The molecule has 3 nitrogen and oxygen atoms in total. The summed E-state index contributed by atoms with van der Waals surface area (Å²) in [6.45, 7) is 12.9. The van der Waals surface area contributed by atoms with Gasteiger partial charge in [-0.25, -0.2) is 0 Å². The molecule has 102 valence electrons. The van der Waals surface area contributed by atoms with Crippen LogP contribution in [0.4, 0.5) is 0 Å². The van der Waals surface area contributed by atoms with Gasteiger partial charge in [0.15, 0.2) is 0 Å². The van der Waals surface area contributed by atoms with Crippen molar-refractivity contribution >= 4 is 0 Å². The lowest BCUT2D eigenvalue weighted by Gasteiger charge is -2.43. The van der Waals surface area contributed by atoms with Crippen molar-refractivity contribution in [3.63, 3.8) is 0 Å². The Morgan fingerprint density at radius 2 is 1.94 bits per heavy atom. The average molecular weight is 241 g/mol. The van der Waals surface area contributed by atoms with Crippen molar-refractivity contribution in [1.82, 2.24) is 15.1 Å². The molecule has 0 radical (unpaired) electrons. The van der Waals surface area contributed by atoms with Crippen molar-refractivity contribution in [2.24, 2.45) is 5.92 Å². The quantitative estimate of drug-likeness (QED) is 0.789. The van der Waals surface area contributed by atoms with Crippen molar-refractivity contribution in [2.45, 2.75) is 52.2 Å². The largest absolute Gasteiger partial charge is 0.311 e. The van der Waals surface area contributed by atoms with Gasteiger partial charge in [-0.15, -0.1) is 0 Å². The zero-order chi connectivity index (χ0) is 13.0. The third-order valence-corrected chi connectivity index (χ3v) is 4.01. The lowest BCUT2D eigenvalue weighted by atomic mass is 9.98. The van der Waals surface area contributed by atoms with E-state index < -0.39 is 0 Å². The summed E-state index contributed by atoms with van der Waals surface area (Å²) in [6.07, 6.45) is 1.27. The smallest absolute Gasteiger partial charge is 0.0218 e. The lowest BCUT2D eigenvalue weighted by Crippen LogP contribution is -2.59. The topological polar surface area (TPSA) is 18.5 Å². The number of nitrogens with one attached hydrogen (secondary N) is 1. The molecule has 1 saturated heterocycles. The van der Waals surface area contributed by atoms with Crippen LogP contribution in [0, 0.1) is 5.92 Å². The van der Waals surface area contributed by atoms with Gasteiger partial charge >= 0.3 is 0 Å². The Hall–Kier alpha value is -0.120. The fraction of sp³-hybridized carbons (Fsp3) is 1.00. The van der Waals surface area contributed by atoms with E-state index in [1.54, 1.807) is 0 Å². The Balaban J connectivity index is 2.48. The monoisotopic (exact) mass is 241 g/mol. The zero-order valence-corrected chi connectivity index (χ0v) is 12.5. The first-order chi connectivity index (χ1) is 7.91. The number of hydrogen-bond acceptors (Lipinski definition) is 3. The molecular formula is C14H31N3. The van der Waals surface area contributed by atoms with E-state index in [4.69, 9.17) is 0 Å². The van der Waals surface area contributed by atoms with Gasteiger partial charge in [0, 0.05) is 31.2 Å². The third kappa shape index (κ3) is 4.57. The van der Waals surface area contributed by atoms with Gasteiger partial charge in [-0.05, 0) is 46.8 Å². The van der Waals surface area contributed by atoms with Crippen molar-refractivity contribution in [2.75, 3.05) is 33.7 Å². The van der Waals surface area contributed by atoms with Crippen LogP contribution < -0.4 is 5.32 Å². The second-order valence-electron chi connectivity index (χ2n) is 6.25. The van der Waals surface area contributed by atoms with Crippen LogP contribution in [0.5, 0.6) is 0 Å². The van der Waals surface area contributed by atoms with Crippen LogP contribution in [0.1, 0.15) is 34.1 Å². The van der Waals surface area contributed by atoms with Crippen LogP contribution in [0.15, 0.2) is 0 Å². The van der Waals surface area contributed by atoms with Crippen LogP contribution in [0.25, 0.3) is 0 Å². The first-order valence-electron chi connectivity index (χ1n) is 7.05. The summed E-state index contributed by atoms with van der Waals surface area (Å²) in [5.74, 6) is 0.728. The van der Waals surface area contributed by atoms with Gasteiger partial charge in [-0.3, -0.25) is 4.90 Å². The molecule has 1 aliphatic heterocycles. The molecule has 1 fully saturated rings. The maximum atomic E-state index is 3.67. The summed E-state index contributed by atoms with van der Waals surface area (Å²) in [4.78, 5) is 4.97. The fourth-order valence-electron chi connectivity index (χ4n) is 2.58. The summed E-state index contributed by atoms with van der Waals surface area (Å²) < 4.78 is 0. The van der Waals surface area contributed by atoms with Crippen molar-refractivity contribution in [3.8, 4) is 0 Å². The molecule has 17 heavy (non-hydrogen) atoms. The number of piperazine rings is 1. The van der Waals surface area contributed by atoms with Gasteiger partial charge < -0.3 is 10.2 Å². The van der Waals surface area contributed by atoms with Gasteiger partial charge in [0.05, 0.1) is 0 Å². The van der Waals surface area contributed by atoms with E-state index in [1.165, 1.54) is 19.5 Å². The Morgan fingerprint density at radius 1 is 1.29 bits per heavy atom. The highest BCUT2D eigenvalue weighted by Crippen LogP contribution is 2.17. The van der Waals surface area contributed by atoms with E-state index in [2.05, 4.69) is 56.9 Å². The molecule has 0 amide bonds. The Kier molecular flexibility index (Phi) is 5.90. The lowest BCUT2D eigenvalue weighted by molar-refractivity contribution is 0.0780. The van der Waals surface area contributed by atoms with Gasteiger partial charge in [0.1, 0.15) is 0 Å². The molecule has 0 bridgehead atoms. The predicted octanol–water partition coefficient (Wildman–Crippen LogP) is 1.64. The summed E-state index contributed by atoms with van der Waals surface area (Å²) in [5, 5.41) is 3.67. The highest BCUT2D eigenvalue weighted by atomic mass is 15.3. The Labute approximate surface area is 108 Å². The van der Waals surface area contributed by atoms with Crippen molar-refractivity contribution in [3.05, 3.63) is 0 Å². The first kappa shape index (κ1) is 14.9. The maximum absolute atomic E-state index is 3.67. The van der Waals surface area contributed by atoms with E-state index in [9.17, 15) is 0 Å². The maximum Gasteiger partial charge on any atom is 0.0218 e. The fourth-order valence-corrected chi connectivity index (χ4v) is 2.58. The van der Waals surface area contributed by atoms with E-state index in [-0.39, 0.29) is 0 Å². The average Bonchev–Trinajstić information content (AvgIpc) is 2.26. The molecule has 0 aromatic carbocycles. The molecule has 0 aromatic heterocycles. The molecular weight excluding hydrogens is 210 g/mol. The normalized spacial score (nSPS) is 28.9. The molecule has 0 aromatic rings. The Morgan fingerprint density at radius 3 is 2.47 bits per heavy atom. The van der Waals surface area contributed by atoms with E-state index >= 15 is 0 Å². The molecule has 1 N–H and O–H groups in total. The molecule has 0 aliphatic carbocycles. The van der Waals surface area contributed by atoms with Crippen LogP contribution in [0.3, 0.4) is 0 Å². The molecule has 0 spiro atoms. The minimum absolute atomic E-state index is 0.660. The minimum Gasteiger partial charge on any atom is -0.311 e. The third-order valence-electron chi connectivity index (χ3n) is 4.01. The van der Waals surface area contributed by atoms with Gasteiger partial charge in [-0.1, -0.05) is 13.8 Å². The molecule has 3 unspecified atom stereocenters. The zero-order valence-electron chi connectivity index (χ0n) is 12.5. The summed E-state index contributed by atoms with van der Waals surface area (Å²) in [5.41, 5.74) is 0. The van der Waals surface area contributed by atoms with Crippen LogP contribution in [-0.4, -0.2) is 61.7 Å². The highest BCUT2D eigenvalue weighted by Gasteiger charge is 2.29. The summed E-state index contributed by atoms with van der Waals surface area (Å²) in [6, 6.07) is 2.02. The predicted molar refractivity (Wildman–Crippen MR) is 75.4 cm³/mol. The molecule has 0 saturated carbocycles. The van der Waals surface area contributed by atoms with Gasteiger partial charge in [0.2, 0.25) is 0 Å². The highest BCUT2D eigenvalue weighted by molar-refractivity contribution is 4.88. The van der Waals surface area contributed by atoms with Crippen LogP contribution in [-0.2, 0) is 0 Å². The number of rotatable bonds is 5. The van der Waals surface area contributed by atoms with Crippen LogP contribution in [0.2, 0.25) is 0 Å². The summed E-state index contributed by atoms with van der Waals surface area (Å²) >= 11 is 0. The molecule has 3 atom stereocenters. The second kappa shape index (κ2) is 6.72. The second-order valence-corrected chi connectivity index (χ2v) is 6.25. The molecule has 1 aliphatic rings.